The minimum atomic E-state index is -3.46. The van der Waals surface area contributed by atoms with Crippen LogP contribution >= 0.6 is 0 Å². The van der Waals surface area contributed by atoms with E-state index in [9.17, 15) is 8.42 Å². The maximum atomic E-state index is 12.4. The Labute approximate surface area is 121 Å². The van der Waals surface area contributed by atoms with Crippen molar-refractivity contribution in [1.29, 1.82) is 0 Å². The number of nitrogens with two attached hydrogens (primary N) is 1. The highest BCUT2D eigenvalue weighted by molar-refractivity contribution is 7.89. The van der Waals surface area contributed by atoms with Crippen molar-refractivity contribution in [3.8, 4) is 0 Å². The molecule has 1 heterocycles. The van der Waals surface area contributed by atoms with E-state index in [0.29, 0.717) is 11.4 Å². The number of likely N-dealkylation sites (N-methyl/N-ethyl adjacent to an activating group) is 1. The molecule has 6 heteroatoms. The maximum absolute atomic E-state index is 12.4. The predicted molar refractivity (Wildman–Crippen MR) is 79.9 cm³/mol. The fraction of sp³-hybridized carbons (Fsp3) is 0.571. The molecule has 1 aromatic carbocycles. The molecule has 0 aromatic heterocycles. The second-order valence-electron chi connectivity index (χ2n) is 5.52. The molecule has 0 saturated carbocycles. The van der Waals surface area contributed by atoms with Crippen LogP contribution in [0.5, 0.6) is 0 Å². The van der Waals surface area contributed by atoms with Crippen LogP contribution in [0.4, 0.5) is 0 Å². The van der Waals surface area contributed by atoms with Crippen LogP contribution in [-0.4, -0.2) is 39.5 Å². The van der Waals surface area contributed by atoms with E-state index in [4.69, 9.17) is 5.73 Å². The molecule has 1 aromatic rings. The molecule has 1 aliphatic heterocycles. The summed E-state index contributed by atoms with van der Waals surface area (Å²) in [5.74, 6) is 0. The highest BCUT2D eigenvalue weighted by atomic mass is 32.2. The Bertz CT molecular complexity index is 572. The Morgan fingerprint density at radius 1 is 1.45 bits per heavy atom. The smallest absolute Gasteiger partial charge is 0.240 e. The normalized spacial score (nSPS) is 21.1. The second-order valence-corrected chi connectivity index (χ2v) is 7.23. The van der Waals surface area contributed by atoms with Crippen molar-refractivity contribution >= 4 is 10.0 Å². The first kappa shape index (κ1) is 15.4. The molecule has 2 rings (SSSR count). The summed E-state index contributed by atoms with van der Waals surface area (Å²) < 4.78 is 27.6. The first-order valence-corrected chi connectivity index (χ1v) is 8.41. The minimum absolute atomic E-state index is 0.0126. The van der Waals surface area contributed by atoms with Gasteiger partial charge in [0.1, 0.15) is 0 Å². The molecule has 0 spiro atoms. The number of hydrogen-bond acceptors (Lipinski definition) is 4. The Balaban J connectivity index is 2.17. The monoisotopic (exact) mass is 297 g/mol. The summed E-state index contributed by atoms with van der Waals surface area (Å²) in [6.07, 6.45) is 1.91. The third kappa shape index (κ3) is 3.58. The van der Waals surface area contributed by atoms with Crippen LogP contribution in [0.2, 0.25) is 0 Å². The fourth-order valence-corrected chi connectivity index (χ4v) is 3.90. The van der Waals surface area contributed by atoms with Crippen molar-refractivity contribution in [2.75, 3.05) is 20.1 Å². The van der Waals surface area contributed by atoms with Gasteiger partial charge in [0.15, 0.2) is 0 Å². The molecule has 0 bridgehead atoms. The van der Waals surface area contributed by atoms with Crippen molar-refractivity contribution in [3.63, 3.8) is 0 Å². The zero-order valence-electron chi connectivity index (χ0n) is 12.1. The zero-order chi connectivity index (χ0) is 14.8. The standard InChI is InChI=1S/C14H23N3O2S/c1-11-5-6-14(8-12(11)9-15)20(18,19)16-13-4-3-7-17(2)10-13/h5-6,8,13,16H,3-4,7,9-10,15H2,1-2H3. The molecule has 5 nitrogen and oxygen atoms in total. The van der Waals surface area contributed by atoms with Crippen LogP contribution in [0.1, 0.15) is 24.0 Å². The number of likely N-dealkylation sites (tertiary alicyclic amines) is 1. The summed E-state index contributed by atoms with van der Waals surface area (Å²) >= 11 is 0. The number of benzene rings is 1. The van der Waals surface area contributed by atoms with Crippen molar-refractivity contribution in [3.05, 3.63) is 29.3 Å². The molecule has 1 saturated heterocycles. The molecule has 3 N–H and O–H groups in total. The van der Waals surface area contributed by atoms with Crippen LogP contribution in [0, 0.1) is 6.92 Å². The van der Waals surface area contributed by atoms with Gasteiger partial charge >= 0.3 is 0 Å². The average molecular weight is 297 g/mol. The van der Waals surface area contributed by atoms with Crippen molar-refractivity contribution in [2.24, 2.45) is 5.73 Å². The van der Waals surface area contributed by atoms with Gasteiger partial charge < -0.3 is 10.6 Å². The zero-order valence-corrected chi connectivity index (χ0v) is 12.9. The van der Waals surface area contributed by atoms with Crippen LogP contribution in [0.25, 0.3) is 0 Å². The molecule has 1 atom stereocenters. The van der Waals surface area contributed by atoms with E-state index in [-0.39, 0.29) is 6.04 Å². The average Bonchev–Trinajstić information content (AvgIpc) is 2.38. The first-order chi connectivity index (χ1) is 9.42. The molecule has 0 aliphatic carbocycles. The summed E-state index contributed by atoms with van der Waals surface area (Å²) in [6.45, 7) is 4.07. The summed E-state index contributed by atoms with van der Waals surface area (Å²) in [7, 11) is -1.45. The quantitative estimate of drug-likeness (QED) is 0.863. The number of hydrogen-bond donors (Lipinski definition) is 2. The molecule has 0 amide bonds. The Morgan fingerprint density at radius 3 is 2.85 bits per heavy atom. The van der Waals surface area contributed by atoms with Crippen LogP contribution in [0.3, 0.4) is 0 Å². The Hall–Kier alpha value is -0.950. The highest BCUT2D eigenvalue weighted by Gasteiger charge is 2.24. The van der Waals surface area contributed by atoms with Crippen molar-refractivity contribution in [2.45, 2.75) is 37.2 Å². The number of nitrogens with zero attached hydrogens (tertiary/aromatic N) is 1. The molecule has 20 heavy (non-hydrogen) atoms. The van der Waals surface area contributed by atoms with Gasteiger partial charge in [0, 0.05) is 19.1 Å². The number of rotatable bonds is 4. The van der Waals surface area contributed by atoms with Crippen LogP contribution in [-0.2, 0) is 16.6 Å². The van der Waals surface area contributed by atoms with Crippen molar-refractivity contribution in [1.82, 2.24) is 9.62 Å². The van der Waals surface area contributed by atoms with Gasteiger partial charge in [-0.3, -0.25) is 0 Å². The molecular weight excluding hydrogens is 274 g/mol. The highest BCUT2D eigenvalue weighted by Crippen LogP contribution is 2.17. The van der Waals surface area contributed by atoms with Gasteiger partial charge in [-0.15, -0.1) is 0 Å². The second kappa shape index (κ2) is 6.22. The molecule has 0 radical (unpaired) electrons. The SMILES string of the molecule is Cc1ccc(S(=O)(=O)NC2CCCN(C)C2)cc1CN. The fourth-order valence-electron chi connectivity index (χ4n) is 2.58. The van der Waals surface area contributed by atoms with E-state index in [1.54, 1.807) is 12.1 Å². The number of aryl methyl sites for hydroxylation is 1. The van der Waals surface area contributed by atoms with Gasteiger partial charge in [-0.05, 0) is 56.6 Å². The van der Waals surface area contributed by atoms with E-state index in [1.165, 1.54) is 0 Å². The molecule has 1 fully saturated rings. The van der Waals surface area contributed by atoms with E-state index in [2.05, 4.69) is 9.62 Å². The van der Waals surface area contributed by atoms with E-state index in [0.717, 1.165) is 37.1 Å². The number of nitrogens with one attached hydrogen (secondary N) is 1. The van der Waals surface area contributed by atoms with Gasteiger partial charge in [0.25, 0.3) is 0 Å². The van der Waals surface area contributed by atoms with Gasteiger partial charge in [0.05, 0.1) is 4.90 Å². The largest absolute Gasteiger partial charge is 0.326 e. The Morgan fingerprint density at radius 2 is 2.20 bits per heavy atom. The predicted octanol–water partition coefficient (Wildman–Crippen LogP) is 0.826. The first-order valence-electron chi connectivity index (χ1n) is 6.93. The summed E-state index contributed by atoms with van der Waals surface area (Å²) in [5, 5.41) is 0. The lowest BCUT2D eigenvalue weighted by Gasteiger charge is -2.30. The third-order valence-electron chi connectivity index (χ3n) is 3.80. The van der Waals surface area contributed by atoms with Gasteiger partial charge in [-0.2, -0.15) is 0 Å². The summed E-state index contributed by atoms with van der Waals surface area (Å²) in [6, 6.07) is 5.11. The van der Waals surface area contributed by atoms with E-state index < -0.39 is 10.0 Å². The van der Waals surface area contributed by atoms with Crippen LogP contribution < -0.4 is 10.5 Å². The van der Waals surface area contributed by atoms with Crippen molar-refractivity contribution < 1.29 is 8.42 Å². The third-order valence-corrected chi connectivity index (χ3v) is 5.32. The van der Waals surface area contributed by atoms with Crippen LogP contribution in [0.15, 0.2) is 23.1 Å². The maximum Gasteiger partial charge on any atom is 0.240 e. The number of piperidine rings is 1. The Kier molecular flexibility index (Phi) is 4.80. The van der Waals surface area contributed by atoms with Gasteiger partial charge in [-0.1, -0.05) is 6.07 Å². The molecular formula is C14H23N3O2S. The molecule has 1 unspecified atom stereocenters. The minimum Gasteiger partial charge on any atom is -0.326 e. The number of sulfonamides is 1. The van der Waals surface area contributed by atoms with E-state index >= 15 is 0 Å². The molecule has 1 aliphatic rings. The van der Waals surface area contributed by atoms with Gasteiger partial charge in [-0.25, -0.2) is 13.1 Å². The summed E-state index contributed by atoms with van der Waals surface area (Å²) in [4.78, 5) is 2.45. The molecule has 112 valence electrons. The van der Waals surface area contributed by atoms with E-state index in [1.807, 2.05) is 20.0 Å². The lowest BCUT2D eigenvalue weighted by Crippen LogP contribution is -2.46. The topological polar surface area (TPSA) is 75.4 Å². The summed E-state index contributed by atoms with van der Waals surface area (Å²) in [5.41, 5.74) is 7.53. The van der Waals surface area contributed by atoms with Gasteiger partial charge in [0.2, 0.25) is 10.0 Å². The lowest BCUT2D eigenvalue weighted by atomic mass is 10.1. The lowest BCUT2D eigenvalue weighted by molar-refractivity contribution is 0.242.